The number of thiophene rings is 1. The Morgan fingerprint density at radius 3 is 2.71 bits per heavy atom. The Bertz CT molecular complexity index is 1460. The number of aromatic nitrogens is 2. The van der Waals surface area contributed by atoms with Crippen molar-refractivity contribution in [3.05, 3.63) is 96.9 Å². The first kappa shape index (κ1) is 18.8. The van der Waals surface area contributed by atoms with Crippen molar-refractivity contribution in [2.75, 3.05) is 0 Å². The third-order valence-electron chi connectivity index (χ3n) is 6.28. The van der Waals surface area contributed by atoms with Crippen LogP contribution in [-0.2, 0) is 19.4 Å². The minimum Gasteiger partial charge on any atom is -0.506 e. The molecule has 0 saturated carbocycles. The first-order valence-electron chi connectivity index (χ1n) is 10.5. The molecule has 1 aliphatic carbocycles. The number of aliphatic hydroxyl groups excluding tert-OH is 1. The molecule has 1 N–H and O–H groups in total. The van der Waals surface area contributed by atoms with Gasteiger partial charge in [-0.3, -0.25) is 4.79 Å². The van der Waals surface area contributed by atoms with E-state index in [4.69, 9.17) is 11.6 Å². The number of hydrogen-bond donors (Lipinski definition) is 1. The Hall–Kier alpha value is -2.89. The lowest BCUT2D eigenvalue weighted by molar-refractivity contribution is 0.512. The molecule has 6 heteroatoms. The summed E-state index contributed by atoms with van der Waals surface area (Å²) in [4.78, 5) is 20.0. The molecule has 0 amide bonds. The van der Waals surface area contributed by atoms with Crippen molar-refractivity contribution < 1.29 is 5.11 Å². The monoisotopic (exact) mass is 446 g/mol. The first-order chi connectivity index (χ1) is 15.1. The zero-order valence-electron chi connectivity index (χ0n) is 16.7. The fourth-order valence-electron chi connectivity index (χ4n) is 4.82. The minimum absolute atomic E-state index is 0.0408. The van der Waals surface area contributed by atoms with E-state index in [1.54, 1.807) is 23.5 Å². The van der Waals surface area contributed by atoms with E-state index in [9.17, 15) is 9.90 Å². The van der Waals surface area contributed by atoms with Crippen LogP contribution in [0.2, 0.25) is 5.02 Å². The molecule has 0 atom stereocenters. The standard InChI is InChI=1S/C25H19ClN2O2S/c26-18-11-5-3-9-16(18)22(29)20-15-8-2-1-7-14(15)13-28-23(20)27-24(30)21-17-10-4-6-12-19(17)31-25(21)28/h1-3,5,7-9,11,29H,4,6,10,12-13H2/b22-20-. The van der Waals surface area contributed by atoms with E-state index in [1.807, 2.05) is 30.3 Å². The molecule has 0 unspecified atom stereocenters. The number of halogens is 1. The number of hydrogen-bond acceptors (Lipinski definition) is 4. The quantitative estimate of drug-likeness (QED) is 0.330. The van der Waals surface area contributed by atoms with Crippen LogP contribution in [0.25, 0.3) is 21.5 Å². The molecule has 0 bridgehead atoms. The second-order valence-electron chi connectivity index (χ2n) is 8.08. The predicted octanol–water partition coefficient (Wildman–Crippen LogP) is 5.83. The molecule has 4 aromatic rings. The SMILES string of the molecule is O=c1nc2n(c3sc4c(c13)CCCC4)Cc1ccccc1/C2=C(/O)c1ccccc1Cl. The van der Waals surface area contributed by atoms with Gasteiger partial charge in [0.15, 0.2) is 0 Å². The van der Waals surface area contributed by atoms with Crippen LogP contribution in [-0.4, -0.2) is 14.7 Å². The highest BCUT2D eigenvalue weighted by molar-refractivity contribution is 7.18. The Balaban J connectivity index is 1.72. The van der Waals surface area contributed by atoms with Crippen LogP contribution in [0, 0.1) is 0 Å². The second-order valence-corrected chi connectivity index (χ2v) is 9.57. The summed E-state index contributed by atoms with van der Waals surface area (Å²) in [5, 5.41) is 12.6. The van der Waals surface area contributed by atoms with Crippen molar-refractivity contribution in [3.8, 4) is 0 Å². The van der Waals surface area contributed by atoms with Crippen molar-refractivity contribution in [3.63, 3.8) is 0 Å². The Morgan fingerprint density at radius 1 is 1.06 bits per heavy atom. The highest BCUT2D eigenvalue weighted by Crippen LogP contribution is 2.41. The van der Waals surface area contributed by atoms with Gasteiger partial charge in [0.05, 0.1) is 22.5 Å². The maximum atomic E-state index is 13.2. The molecule has 2 aromatic carbocycles. The zero-order chi connectivity index (χ0) is 21.1. The van der Waals surface area contributed by atoms with Crippen LogP contribution < -0.4 is 5.56 Å². The fourth-order valence-corrected chi connectivity index (χ4v) is 6.43. The molecule has 0 radical (unpaired) electrons. The third kappa shape index (κ3) is 2.80. The molecule has 0 fully saturated rings. The molecular formula is C25H19ClN2O2S. The lowest BCUT2D eigenvalue weighted by Gasteiger charge is -2.25. The lowest BCUT2D eigenvalue weighted by Crippen LogP contribution is -2.23. The largest absolute Gasteiger partial charge is 0.506 e. The molecule has 2 aromatic heterocycles. The summed E-state index contributed by atoms with van der Waals surface area (Å²) in [5.74, 6) is 0.547. The van der Waals surface area contributed by atoms with Crippen molar-refractivity contribution in [1.29, 1.82) is 0 Å². The predicted molar refractivity (Wildman–Crippen MR) is 126 cm³/mol. The Labute approximate surface area is 188 Å². The van der Waals surface area contributed by atoms with Gasteiger partial charge in [-0.15, -0.1) is 11.3 Å². The molecule has 0 saturated heterocycles. The van der Waals surface area contributed by atoms with Gasteiger partial charge >= 0.3 is 0 Å². The average molecular weight is 447 g/mol. The normalized spacial score (nSPS) is 16.5. The van der Waals surface area contributed by atoms with Gasteiger partial charge in [0.2, 0.25) is 0 Å². The van der Waals surface area contributed by atoms with Crippen LogP contribution in [0.5, 0.6) is 0 Å². The number of nitrogens with zero attached hydrogens (tertiary/aromatic N) is 2. The van der Waals surface area contributed by atoms with Crippen LogP contribution in [0.1, 0.15) is 45.8 Å². The molecule has 0 spiro atoms. The van der Waals surface area contributed by atoms with Crippen molar-refractivity contribution in [2.24, 2.45) is 0 Å². The minimum atomic E-state index is -0.204. The van der Waals surface area contributed by atoms with E-state index in [0.29, 0.717) is 28.5 Å². The summed E-state index contributed by atoms with van der Waals surface area (Å²) in [6.07, 6.45) is 4.24. The number of aliphatic hydroxyl groups is 1. The third-order valence-corrected chi connectivity index (χ3v) is 7.92. The van der Waals surface area contributed by atoms with Gasteiger partial charge in [-0.05, 0) is 54.5 Å². The summed E-state index contributed by atoms with van der Waals surface area (Å²) < 4.78 is 2.10. The van der Waals surface area contributed by atoms with Gasteiger partial charge in [-0.25, -0.2) is 0 Å². The molecule has 1 aliphatic heterocycles. The summed E-state index contributed by atoms with van der Waals surface area (Å²) in [6, 6.07) is 15.2. The highest BCUT2D eigenvalue weighted by Gasteiger charge is 2.30. The van der Waals surface area contributed by atoms with E-state index < -0.39 is 0 Å². The van der Waals surface area contributed by atoms with Crippen LogP contribution in [0.15, 0.2) is 53.3 Å². The molecular weight excluding hydrogens is 428 g/mol. The van der Waals surface area contributed by atoms with E-state index in [2.05, 4.69) is 15.6 Å². The van der Waals surface area contributed by atoms with E-state index >= 15 is 0 Å². The number of benzene rings is 2. The lowest BCUT2D eigenvalue weighted by atomic mass is 9.92. The van der Waals surface area contributed by atoms with Gasteiger partial charge in [0.1, 0.15) is 16.4 Å². The van der Waals surface area contributed by atoms with Gasteiger partial charge in [-0.1, -0.05) is 48.0 Å². The smallest absolute Gasteiger partial charge is 0.282 e. The zero-order valence-corrected chi connectivity index (χ0v) is 18.3. The number of rotatable bonds is 1. The molecule has 4 nitrogen and oxygen atoms in total. The van der Waals surface area contributed by atoms with Gasteiger partial charge in [0.25, 0.3) is 5.56 Å². The van der Waals surface area contributed by atoms with Gasteiger partial charge < -0.3 is 9.67 Å². The number of fused-ring (bicyclic) bond motifs is 6. The summed E-state index contributed by atoms with van der Waals surface area (Å²) in [7, 11) is 0. The second kappa shape index (κ2) is 7.08. The maximum Gasteiger partial charge on any atom is 0.282 e. The van der Waals surface area contributed by atoms with Crippen LogP contribution in [0.3, 0.4) is 0 Å². The van der Waals surface area contributed by atoms with Crippen molar-refractivity contribution >= 4 is 44.5 Å². The van der Waals surface area contributed by atoms with Crippen molar-refractivity contribution in [2.45, 2.75) is 32.2 Å². The van der Waals surface area contributed by atoms with Crippen LogP contribution in [0.4, 0.5) is 0 Å². The topological polar surface area (TPSA) is 55.1 Å². The molecule has 31 heavy (non-hydrogen) atoms. The summed E-state index contributed by atoms with van der Waals surface area (Å²) in [6.45, 7) is 0.619. The summed E-state index contributed by atoms with van der Waals surface area (Å²) in [5.41, 5.74) is 4.03. The van der Waals surface area contributed by atoms with E-state index in [1.165, 1.54) is 10.4 Å². The Kier molecular flexibility index (Phi) is 4.30. The summed E-state index contributed by atoms with van der Waals surface area (Å²) >= 11 is 8.12. The molecule has 6 rings (SSSR count). The van der Waals surface area contributed by atoms with E-state index in [-0.39, 0.29) is 11.3 Å². The molecule has 154 valence electrons. The van der Waals surface area contributed by atoms with E-state index in [0.717, 1.165) is 47.0 Å². The average Bonchev–Trinajstić information content (AvgIpc) is 3.18. The van der Waals surface area contributed by atoms with Crippen molar-refractivity contribution in [1.82, 2.24) is 9.55 Å². The Morgan fingerprint density at radius 2 is 1.84 bits per heavy atom. The number of aryl methyl sites for hydroxylation is 2. The van der Waals surface area contributed by atoms with Gasteiger partial charge in [-0.2, -0.15) is 4.98 Å². The molecule has 3 heterocycles. The van der Waals surface area contributed by atoms with Gasteiger partial charge in [0, 0.05) is 10.4 Å². The maximum absolute atomic E-state index is 13.2. The highest BCUT2D eigenvalue weighted by atomic mass is 35.5. The first-order valence-corrected chi connectivity index (χ1v) is 11.6. The molecule has 2 aliphatic rings. The van der Waals surface area contributed by atoms with Crippen LogP contribution >= 0.6 is 22.9 Å². The fraction of sp³-hybridized carbons (Fsp3) is 0.200.